The highest BCUT2D eigenvalue weighted by Crippen LogP contribution is 2.29. The lowest BCUT2D eigenvalue weighted by Crippen LogP contribution is -2.14. The molecule has 4 aromatic rings. The topological polar surface area (TPSA) is 126 Å². The number of aromatic hydroxyl groups is 1. The molecule has 0 saturated heterocycles. The van der Waals surface area contributed by atoms with E-state index in [9.17, 15) is 14.7 Å². The molecule has 4 rings (SSSR count). The monoisotopic (exact) mass is 423 g/mol. The SMILES string of the molecule is Cc1ccc(N=Nc2c(C)[nH]n(-c3nc(-c4c(O)cc(C)oc4=O)cs3)c2=O)cc1. The number of hydrogen-bond donors (Lipinski definition) is 2. The quantitative estimate of drug-likeness (QED) is 0.474. The molecule has 0 spiro atoms. The van der Waals surface area contributed by atoms with E-state index in [-0.39, 0.29) is 33.6 Å². The minimum Gasteiger partial charge on any atom is -0.507 e. The third kappa shape index (κ3) is 3.60. The fourth-order valence-corrected chi connectivity index (χ4v) is 3.60. The maximum absolute atomic E-state index is 12.8. The molecule has 1 aromatic carbocycles. The van der Waals surface area contributed by atoms with Crippen molar-refractivity contribution in [1.82, 2.24) is 14.8 Å². The molecular formula is C20H17N5O4S. The lowest BCUT2D eigenvalue weighted by Gasteiger charge is -2.00. The first kappa shape index (κ1) is 19.5. The summed E-state index contributed by atoms with van der Waals surface area (Å²) in [7, 11) is 0. The van der Waals surface area contributed by atoms with Crippen LogP contribution in [-0.4, -0.2) is 19.9 Å². The summed E-state index contributed by atoms with van der Waals surface area (Å²) in [6, 6.07) is 8.78. The fraction of sp³-hybridized carbons (Fsp3) is 0.150. The number of nitrogens with zero attached hydrogens (tertiary/aromatic N) is 4. The standard InChI is InChI=1S/C20H17N5O4S/c1-10-4-6-13(7-5-10)22-23-17-12(3)24-25(18(17)27)20-21-14(9-30-20)16-15(26)8-11(2)29-19(16)28/h4-9,24,26H,1-3H3. The molecular weight excluding hydrogens is 406 g/mol. The first-order valence-electron chi connectivity index (χ1n) is 8.93. The molecule has 0 aliphatic heterocycles. The zero-order valence-corrected chi connectivity index (χ0v) is 17.1. The number of hydrogen-bond acceptors (Lipinski definition) is 8. The number of azo groups is 1. The predicted octanol–water partition coefficient (Wildman–Crippen LogP) is 4.29. The van der Waals surface area contributed by atoms with Crippen molar-refractivity contribution in [3.63, 3.8) is 0 Å². The maximum atomic E-state index is 12.8. The van der Waals surface area contributed by atoms with Crippen molar-refractivity contribution in [3.05, 3.63) is 73.5 Å². The molecule has 9 nitrogen and oxygen atoms in total. The van der Waals surface area contributed by atoms with E-state index in [0.29, 0.717) is 11.4 Å². The van der Waals surface area contributed by atoms with Crippen molar-refractivity contribution < 1.29 is 9.52 Å². The van der Waals surface area contributed by atoms with Gasteiger partial charge in [-0.05, 0) is 32.9 Å². The van der Waals surface area contributed by atoms with Gasteiger partial charge in [-0.3, -0.25) is 9.89 Å². The molecule has 0 aliphatic rings. The van der Waals surface area contributed by atoms with Crippen LogP contribution in [0.2, 0.25) is 0 Å². The number of benzene rings is 1. The summed E-state index contributed by atoms with van der Waals surface area (Å²) in [4.78, 5) is 29.2. The van der Waals surface area contributed by atoms with Gasteiger partial charge in [0.1, 0.15) is 17.1 Å². The van der Waals surface area contributed by atoms with Crippen LogP contribution in [0.1, 0.15) is 17.0 Å². The van der Waals surface area contributed by atoms with Crippen LogP contribution in [-0.2, 0) is 0 Å². The van der Waals surface area contributed by atoms with Gasteiger partial charge in [-0.15, -0.1) is 16.5 Å². The number of nitrogens with one attached hydrogen (secondary N) is 1. The Balaban J connectivity index is 1.70. The van der Waals surface area contributed by atoms with Crippen LogP contribution in [0.25, 0.3) is 16.4 Å². The molecule has 0 fully saturated rings. The van der Waals surface area contributed by atoms with Crippen molar-refractivity contribution in [2.75, 3.05) is 0 Å². The minimum absolute atomic E-state index is 0.0568. The molecule has 152 valence electrons. The number of thiazole rings is 1. The molecule has 0 bridgehead atoms. The second kappa shape index (κ2) is 7.56. The Morgan fingerprint density at radius 2 is 1.87 bits per heavy atom. The third-order valence-electron chi connectivity index (χ3n) is 4.33. The molecule has 0 aliphatic carbocycles. The normalized spacial score (nSPS) is 11.4. The van der Waals surface area contributed by atoms with Gasteiger partial charge in [0.15, 0.2) is 5.69 Å². The van der Waals surface area contributed by atoms with Crippen LogP contribution >= 0.6 is 11.3 Å². The smallest absolute Gasteiger partial charge is 0.349 e. The van der Waals surface area contributed by atoms with Crippen LogP contribution in [0.3, 0.4) is 0 Å². The molecule has 0 unspecified atom stereocenters. The average molecular weight is 423 g/mol. The highest BCUT2D eigenvalue weighted by molar-refractivity contribution is 7.12. The van der Waals surface area contributed by atoms with E-state index in [1.807, 2.05) is 31.2 Å². The number of rotatable bonds is 4. The summed E-state index contributed by atoms with van der Waals surface area (Å²) < 4.78 is 6.25. The van der Waals surface area contributed by atoms with Crippen LogP contribution in [0, 0.1) is 20.8 Å². The van der Waals surface area contributed by atoms with Gasteiger partial charge in [0.25, 0.3) is 0 Å². The van der Waals surface area contributed by atoms with Gasteiger partial charge in [-0.1, -0.05) is 17.7 Å². The predicted molar refractivity (Wildman–Crippen MR) is 113 cm³/mol. The highest BCUT2D eigenvalue weighted by atomic mass is 32.1. The van der Waals surface area contributed by atoms with Crippen molar-refractivity contribution in [3.8, 4) is 22.1 Å². The highest BCUT2D eigenvalue weighted by Gasteiger charge is 2.19. The lowest BCUT2D eigenvalue weighted by atomic mass is 10.2. The Morgan fingerprint density at radius 1 is 1.13 bits per heavy atom. The Hall–Kier alpha value is -3.79. The molecule has 30 heavy (non-hydrogen) atoms. The van der Waals surface area contributed by atoms with Crippen molar-refractivity contribution in [2.24, 2.45) is 10.2 Å². The van der Waals surface area contributed by atoms with Gasteiger partial charge in [0.05, 0.1) is 17.1 Å². The van der Waals surface area contributed by atoms with Crippen LogP contribution in [0.15, 0.2) is 59.9 Å². The Bertz CT molecular complexity index is 1380. The second-order valence-corrected chi connectivity index (χ2v) is 7.52. The van der Waals surface area contributed by atoms with E-state index in [1.54, 1.807) is 19.2 Å². The summed E-state index contributed by atoms with van der Waals surface area (Å²) in [6.45, 7) is 5.24. The molecule has 10 heteroatoms. The second-order valence-electron chi connectivity index (χ2n) is 6.68. The summed E-state index contributed by atoms with van der Waals surface area (Å²) >= 11 is 1.13. The van der Waals surface area contributed by atoms with Gasteiger partial charge in [-0.25, -0.2) is 9.78 Å². The Kier molecular flexibility index (Phi) is 4.92. The zero-order chi connectivity index (χ0) is 21.4. The van der Waals surface area contributed by atoms with Gasteiger partial charge in [0, 0.05) is 11.4 Å². The van der Waals surface area contributed by atoms with Gasteiger partial charge in [-0.2, -0.15) is 9.80 Å². The first-order chi connectivity index (χ1) is 14.3. The lowest BCUT2D eigenvalue weighted by molar-refractivity contribution is 0.438. The molecule has 0 amide bonds. The van der Waals surface area contributed by atoms with E-state index < -0.39 is 11.2 Å². The van der Waals surface area contributed by atoms with Crippen molar-refractivity contribution >= 4 is 22.7 Å². The van der Waals surface area contributed by atoms with Crippen LogP contribution in [0.5, 0.6) is 5.75 Å². The van der Waals surface area contributed by atoms with E-state index in [1.165, 1.54) is 10.7 Å². The van der Waals surface area contributed by atoms with Gasteiger partial charge >= 0.3 is 11.2 Å². The minimum atomic E-state index is -0.702. The average Bonchev–Trinajstić information content (AvgIpc) is 3.26. The summed E-state index contributed by atoms with van der Waals surface area (Å²) in [5, 5.41) is 23.1. The summed E-state index contributed by atoms with van der Waals surface area (Å²) in [5.74, 6) is 0.0553. The first-order valence-corrected chi connectivity index (χ1v) is 9.81. The maximum Gasteiger partial charge on any atom is 0.349 e. The van der Waals surface area contributed by atoms with Crippen LogP contribution < -0.4 is 11.2 Å². The van der Waals surface area contributed by atoms with Crippen molar-refractivity contribution in [1.29, 1.82) is 0 Å². The molecule has 0 radical (unpaired) electrons. The van der Waals surface area contributed by atoms with Gasteiger partial charge < -0.3 is 9.52 Å². The molecule has 2 N–H and O–H groups in total. The van der Waals surface area contributed by atoms with E-state index in [2.05, 4.69) is 20.3 Å². The van der Waals surface area contributed by atoms with Crippen LogP contribution in [0.4, 0.5) is 11.4 Å². The molecule has 0 atom stereocenters. The Morgan fingerprint density at radius 3 is 2.57 bits per heavy atom. The number of aromatic amines is 1. The molecule has 3 heterocycles. The van der Waals surface area contributed by atoms with E-state index in [4.69, 9.17) is 4.42 Å². The number of aryl methyl sites for hydroxylation is 3. The largest absolute Gasteiger partial charge is 0.507 e. The molecule has 0 saturated carbocycles. The summed E-state index contributed by atoms with van der Waals surface area (Å²) in [6.07, 6.45) is 0. The Labute approximate surface area is 174 Å². The molecule has 3 aromatic heterocycles. The van der Waals surface area contributed by atoms with Crippen molar-refractivity contribution in [2.45, 2.75) is 20.8 Å². The summed E-state index contributed by atoms with van der Waals surface area (Å²) in [5.41, 5.74) is 1.43. The number of H-pyrrole nitrogens is 1. The number of aromatic nitrogens is 3. The van der Waals surface area contributed by atoms with Gasteiger partial charge in [0.2, 0.25) is 5.13 Å². The third-order valence-corrected chi connectivity index (χ3v) is 5.16. The fourth-order valence-electron chi connectivity index (χ4n) is 2.82. The zero-order valence-electron chi connectivity index (χ0n) is 16.3. The van der Waals surface area contributed by atoms with E-state index >= 15 is 0 Å². The van der Waals surface area contributed by atoms with E-state index in [0.717, 1.165) is 16.9 Å².